The van der Waals surface area contributed by atoms with Crippen LogP contribution in [-0.2, 0) is 16.1 Å². The maximum absolute atomic E-state index is 13.7. The van der Waals surface area contributed by atoms with Crippen LogP contribution in [0.5, 0.6) is 5.75 Å². The molecule has 1 spiro atoms. The van der Waals surface area contributed by atoms with E-state index in [2.05, 4.69) is 22.0 Å². The molecule has 1 aromatic heterocycles. The Morgan fingerprint density at radius 1 is 1.06 bits per heavy atom. The summed E-state index contributed by atoms with van der Waals surface area (Å²) < 4.78 is 10.4. The number of benzene rings is 1. The molecule has 2 aliphatic rings. The lowest BCUT2D eigenvalue weighted by molar-refractivity contribution is -0.136. The van der Waals surface area contributed by atoms with E-state index in [1.807, 2.05) is 42.5 Å². The molecule has 2 saturated heterocycles. The van der Waals surface area contributed by atoms with Crippen molar-refractivity contribution in [2.45, 2.75) is 31.3 Å². The van der Waals surface area contributed by atoms with Gasteiger partial charge in [0, 0.05) is 46.1 Å². The molecule has 0 radical (unpaired) electrons. The van der Waals surface area contributed by atoms with Crippen molar-refractivity contribution in [1.29, 1.82) is 0 Å². The molecule has 0 aliphatic carbocycles. The number of ether oxygens (including phenoxy) is 2. The van der Waals surface area contributed by atoms with Gasteiger partial charge in [-0.05, 0) is 49.1 Å². The molecule has 2 fully saturated rings. The van der Waals surface area contributed by atoms with Gasteiger partial charge in [0.1, 0.15) is 11.3 Å². The first-order chi connectivity index (χ1) is 17.1. The Hall–Kier alpha value is -3.23. The maximum Gasteiger partial charge on any atom is 0.328 e. The Morgan fingerprint density at radius 2 is 1.83 bits per heavy atom. The van der Waals surface area contributed by atoms with Gasteiger partial charge in [0.25, 0.3) is 5.91 Å². The molecular formula is C27H34N4O4. The number of rotatable bonds is 10. The van der Waals surface area contributed by atoms with Gasteiger partial charge in [0.2, 0.25) is 0 Å². The molecule has 4 rings (SSSR count). The average Bonchev–Trinajstić information content (AvgIpc) is 3.08. The Kier molecular flexibility index (Phi) is 8.15. The highest BCUT2D eigenvalue weighted by atomic mass is 16.5. The number of aromatic nitrogens is 1. The number of urea groups is 1. The normalized spacial score (nSPS) is 18.2. The summed E-state index contributed by atoms with van der Waals surface area (Å²) in [6.07, 6.45) is 7.87. The van der Waals surface area contributed by atoms with E-state index in [1.54, 1.807) is 25.3 Å². The summed E-state index contributed by atoms with van der Waals surface area (Å²) in [4.78, 5) is 36.9. The Morgan fingerprint density at radius 3 is 2.49 bits per heavy atom. The second kappa shape index (κ2) is 11.5. The fourth-order valence-electron chi connectivity index (χ4n) is 4.89. The maximum atomic E-state index is 13.7. The monoisotopic (exact) mass is 478 g/mol. The summed E-state index contributed by atoms with van der Waals surface area (Å²) in [7, 11) is 3.31. The summed E-state index contributed by atoms with van der Waals surface area (Å²) >= 11 is 0. The quantitative estimate of drug-likeness (QED) is 0.385. The molecule has 3 amide bonds. The Balaban J connectivity index is 1.42. The van der Waals surface area contributed by atoms with Crippen molar-refractivity contribution in [1.82, 2.24) is 19.7 Å². The number of nitrogens with zero attached hydrogens (tertiary/aromatic N) is 4. The minimum atomic E-state index is -0.782. The standard InChI is InChI=1S/C27H34N4O4/c1-34-20-6-17-31-26(33)30(21-23-8-3-4-15-28-23)25(32)27(31)13-18-29(19-14-27)16-5-7-22-9-11-24(35-2)12-10-22/h3-5,7-12,15H,6,13-14,16-21H2,1-2H3/b7-5+. The van der Waals surface area contributed by atoms with Gasteiger partial charge in [-0.15, -0.1) is 0 Å². The van der Waals surface area contributed by atoms with Crippen molar-refractivity contribution in [3.63, 3.8) is 0 Å². The van der Waals surface area contributed by atoms with Gasteiger partial charge in [0.05, 0.1) is 19.3 Å². The van der Waals surface area contributed by atoms with Crippen molar-refractivity contribution < 1.29 is 19.1 Å². The molecule has 2 aliphatic heterocycles. The Bertz CT molecular complexity index is 1020. The zero-order chi connectivity index (χ0) is 24.7. The molecule has 0 atom stereocenters. The minimum absolute atomic E-state index is 0.0982. The molecule has 186 valence electrons. The zero-order valence-corrected chi connectivity index (χ0v) is 20.6. The van der Waals surface area contributed by atoms with Crippen LogP contribution in [-0.4, -0.2) is 84.2 Å². The number of carbonyl (C=O) groups excluding carboxylic acids is 2. The molecule has 8 nitrogen and oxygen atoms in total. The largest absolute Gasteiger partial charge is 0.497 e. The molecule has 0 bridgehead atoms. The van der Waals surface area contributed by atoms with E-state index in [0.717, 1.165) is 30.9 Å². The average molecular weight is 479 g/mol. The SMILES string of the molecule is COCCCN1C(=O)N(Cc2ccccn2)C(=O)C12CCN(C/C=C/c1ccc(OC)cc1)CC2. The number of likely N-dealkylation sites (tertiary alicyclic amines) is 1. The molecule has 8 heteroatoms. The first-order valence-corrected chi connectivity index (χ1v) is 12.1. The smallest absolute Gasteiger partial charge is 0.328 e. The summed E-state index contributed by atoms with van der Waals surface area (Å²) in [5.74, 6) is 0.741. The predicted octanol–water partition coefficient (Wildman–Crippen LogP) is 3.44. The molecule has 1 aromatic carbocycles. The van der Waals surface area contributed by atoms with Gasteiger partial charge >= 0.3 is 6.03 Å². The van der Waals surface area contributed by atoms with Gasteiger partial charge in [-0.3, -0.25) is 19.6 Å². The van der Waals surface area contributed by atoms with Crippen molar-refractivity contribution in [3.05, 3.63) is 66.0 Å². The number of piperidine rings is 1. The van der Waals surface area contributed by atoms with Crippen LogP contribution in [0.4, 0.5) is 4.79 Å². The number of pyridine rings is 1. The zero-order valence-electron chi connectivity index (χ0n) is 20.6. The third kappa shape index (κ3) is 5.55. The number of carbonyl (C=O) groups is 2. The highest BCUT2D eigenvalue weighted by molar-refractivity contribution is 6.07. The number of amides is 3. The summed E-state index contributed by atoms with van der Waals surface area (Å²) in [6.45, 7) is 3.57. The Labute approximate surface area is 207 Å². The summed E-state index contributed by atoms with van der Waals surface area (Å²) in [5.41, 5.74) is 1.05. The second-order valence-corrected chi connectivity index (χ2v) is 9.00. The van der Waals surface area contributed by atoms with Crippen LogP contribution in [0.15, 0.2) is 54.7 Å². The molecule has 0 saturated carbocycles. The number of imide groups is 1. The lowest BCUT2D eigenvalue weighted by atomic mass is 9.85. The van der Waals surface area contributed by atoms with Crippen molar-refractivity contribution in [2.75, 3.05) is 47.0 Å². The van der Waals surface area contributed by atoms with E-state index < -0.39 is 5.54 Å². The van der Waals surface area contributed by atoms with Gasteiger partial charge in [-0.1, -0.05) is 30.4 Å². The van der Waals surface area contributed by atoms with Crippen molar-refractivity contribution >= 4 is 18.0 Å². The molecule has 0 N–H and O–H groups in total. The molecule has 2 aromatic rings. The molecule has 3 heterocycles. The van der Waals surface area contributed by atoms with Crippen LogP contribution < -0.4 is 4.74 Å². The van der Waals surface area contributed by atoms with Crippen molar-refractivity contribution in [3.8, 4) is 5.75 Å². The van der Waals surface area contributed by atoms with Crippen LogP contribution >= 0.6 is 0 Å². The molecule has 35 heavy (non-hydrogen) atoms. The fourth-order valence-corrected chi connectivity index (χ4v) is 4.89. The molecule has 0 unspecified atom stereocenters. The van der Waals surface area contributed by atoms with Crippen LogP contribution in [0.25, 0.3) is 6.08 Å². The van der Waals surface area contributed by atoms with E-state index in [-0.39, 0.29) is 18.5 Å². The van der Waals surface area contributed by atoms with Crippen LogP contribution in [0.2, 0.25) is 0 Å². The lowest BCUT2D eigenvalue weighted by Crippen LogP contribution is -2.56. The van der Waals surface area contributed by atoms with Crippen LogP contribution in [0.3, 0.4) is 0 Å². The third-order valence-corrected chi connectivity index (χ3v) is 6.87. The van der Waals surface area contributed by atoms with Crippen molar-refractivity contribution in [2.24, 2.45) is 0 Å². The minimum Gasteiger partial charge on any atom is -0.497 e. The third-order valence-electron chi connectivity index (χ3n) is 6.87. The van der Waals surface area contributed by atoms with E-state index in [4.69, 9.17) is 9.47 Å². The van der Waals surface area contributed by atoms with Crippen LogP contribution in [0, 0.1) is 0 Å². The van der Waals surface area contributed by atoms with E-state index in [1.165, 1.54) is 4.90 Å². The highest BCUT2D eigenvalue weighted by Crippen LogP contribution is 2.38. The highest BCUT2D eigenvalue weighted by Gasteiger charge is 2.57. The van der Waals surface area contributed by atoms with E-state index in [0.29, 0.717) is 38.1 Å². The predicted molar refractivity (Wildman–Crippen MR) is 134 cm³/mol. The number of hydrogen-bond acceptors (Lipinski definition) is 6. The molecular weight excluding hydrogens is 444 g/mol. The number of methoxy groups -OCH3 is 2. The second-order valence-electron chi connectivity index (χ2n) is 9.00. The first-order valence-electron chi connectivity index (χ1n) is 12.1. The first kappa shape index (κ1) is 24.9. The summed E-state index contributed by atoms with van der Waals surface area (Å²) in [5, 5.41) is 0. The van der Waals surface area contributed by atoms with Gasteiger partial charge in [0.15, 0.2) is 0 Å². The van der Waals surface area contributed by atoms with Gasteiger partial charge < -0.3 is 14.4 Å². The summed E-state index contributed by atoms with van der Waals surface area (Å²) in [6, 6.07) is 13.3. The van der Waals surface area contributed by atoms with E-state index >= 15 is 0 Å². The van der Waals surface area contributed by atoms with Crippen LogP contribution in [0.1, 0.15) is 30.5 Å². The topological polar surface area (TPSA) is 75.2 Å². The number of hydrogen-bond donors (Lipinski definition) is 0. The van der Waals surface area contributed by atoms with E-state index in [9.17, 15) is 9.59 Å². The fraction of sp³-hybridized carbons (Fsp3) is 0.444. The van der Waals surface area contributed by atoms with Gasteiger partial charge in [-0.2, -0.15) is 0 Å². The van der Waals surface area contributed by atoms with Gasteiger partial charge in [-0.25, -0.2) is 4.79 Å². The lowest BCUT2D eigenvalue weighted by Gasteiger charge is -2.42.